The van der Waals surface area contributed by atoms with E-state index < -0.39 is 0 Å². The van der Waals surface area contributed by atoms with Gasteiger partial charge in [0.05, 0.1) is 17.5 Å². The minimum Gasteiger partial charge on any atom is -1.00 e. The van der Waals surface area contributed by atoms with Crippen LogP contribution in [0.4, 0.5) is 0 Å². The van der Waals surface area contributed by atoms with Crippen LogP contribution in [0, 0.1) is 6.92 Å². The second kappa shape index (κ2) is 8.59. The fraction of sp³-hybridized carbons (Fsp3) is 0.278. The van der Waals surface area contributed by atoms with Gasteiger partial charge in [-0.05, 0) is 24.6 Å². The maximum atomic E-state index is 11.9. The van der Waals surface area contributed by atoms with Gasteiger partial charge in [-0.1, -0.05) is 12.1 Å². The van der Waals surface area contributed by atoms with Crippen LogP contribution < -0.4 is 26.9 Å². The van der Waals surface area contributed by atoms with Gasteiger partial charge in [-0.15, -0.1) is 0 Å². The molecular formula is C18H21BrN4O. The van der Waals surface area contributed by atoms with Crippen molar-refractivity contribution in [3.05, 3.63) is 60.2 Å². The highest BCUT2D eigenvalue weighted by molar-refractivity contribution is 5.76. The number of aromatic amines is 1. The lowest BCUT2D eigenvalue weighted by molar-refractivity contribution is -0.695. The first kappa shape index (κ1) is 18.1. The number of H-pyrrole nitrogens is 1. The molecule has 0 saturated heterocycles. The average Bonchev–Trinajstić information content (AvgIpc) is 2.97. The van der Waals surface area contributed by atoms with E-state index in [1.165, 1.54) is 5.56 Å². The number of pyridine rings is 1. The summed E-state index contributed by atoms with van der Waals surface area (Å²) in [7, 11) is 0. The molecule has 0 aliphatic heterocycles. The smallest absolute Gasteiger partial charge is 0.226 e. The van der Waals surface area contributed by atoms with E-state index in [0.717, 1.165) is 16.9 Å². The van der Waals surface area contributed by atoms with Crippen LogP contribution >= 0.6 is 0 Å². The minimum absolute atomic E-state index is 0. The molecule has 0 spiro atoms. The van der Waals surface area contributed by atoms with Gasteiger partial charge in [0, 0.05) is 25.1 Å². The van der Waals surface area contributed by atoms with Crippen LogP contribution in [0.25, 0.3) is 11.0 Å². The molecule has 24 heavy (non-hydrogen) atoms. The number of benzene rings is 1. The Morgan fingerprint density at radius 3 is 2.71 bits per heavy atom. The molecule has 2 heterocycles. The van der Waals surface area contributed by atoms with Crippen molar-refractivity contribution in [2.24, 2.45) is 0 Å². The molecule has 2 aromatic heterocycles. The predicted octanol–water partition coefficient (Wildman–Crippen LogP) is -1.09. The van der Waals surface area contributed by atoms with Crippen LogP contribution in [0.15, 0.2) is 48.8 Å². The molecule has 3 rings (SSSR count). The number of rotatable bonds is 6. The summed E-state index contributed by atoms with van der Waals surface area (Å²) in [4.78, 5) is 19.7. The lowest BCUT2D eigenvalue weighted by atomic mass is 10.3. The SMILES string of the molecule is Cc1cc[n+](CCC(=O)NCCc2nc3ccccc3[nH]2)cc1.[Br-]. The number of carbonyl (C=O) groups is 1. The highest BCUT2D eigenvalue weighted by atomic mass is 79.9. The molecule has 6 heteroatoms. The van der Waals surface area contributed by atoms with Crippen molar-refractivity contribution >= 4 is 16.9 Å². The number of para-hydroxylation sites is 2. The van der Waals surface area contributed by atoms with Crippen molar-refractivity contribution in [1.82, 2.24) is 15.3 Å². The van der Waals surface area contributed by atoms with E-state index in [-0.39, 0.29) is 22.9 Å². The molecule has 2 N–H and O–H groups in total. The fourth-order valence-corrected chi connectivity index (χ4v) is 2.44. The number of aryl methyl sites for hydroxylation is 2. The van der Waals surface area contributed by atoms with Crippen LogP contribution in [0.1, 0.15) is 17.8 Å². The van der Waals surface area contributed by atoms with Crippen LogP contribution in [0.2, 0.25) is 0 Å². The molecule has 0 unspecified atom stereocenters. The van der Waals surface area contributed by atoms with Gasteiger partial charge in [0.2, 0.25) is 5.91 Å². The van der Waals surface area contributed by atoms with Gasteiger partial charge in [0.1, 0.15) is 5.82 Å². The molecule has 0 atom stereocenters. The number of hydrogen-bond acceptors (Lipinski definition) is 2. The number of halogens is 1. The van der Waals surface area contributed by atoms with Crippen molar-refractivity contribution in [2.75, 3.05) is 6.54 Å². The number of fused-ring (bicyclic) bond motifs is 1. The van der Waals surface area contributed by atoms with Crippen molar-refractivity contribution < 1.29 is 26.3 Å². The van der Waals surface area contributed by atoms with Crippen LogP contribution in [-0.4, -0.2) is 22.4 Å². The molecule has 5 nitrogen and oxygen atoms in total. The Hall–Kier alpha value is -2.21. The molecule has 0 bridgehead atoms. The lowest BCUT2D eigenvalue weighted by Gasteiger charge is -2.02. The molecule has 0 saturated carbocycles. The van der Waals surface area contributed by atoms with E-state index in [2.05, 4.69) is 22.2 Å². The summed E-state index contributed by atoms with van der Waals surface area (Å²) in [5, 5.41) is 2.94. The number of nitrogens with one attached hydrogen (secondary N) is 2. The van der Waals surface area contributed by atoms with E-state index >= 15 is 0 Å². The third-order valence-corrected chi connectivity index (χ3v) is 3.78. The van der Waals surface area contributed by atoms with Crippen LogP contribution in [0.3, 0.4) is 0 Å². The van der Waals surface area contributed by atoms with Gasteiger partial charge in [-0.3, -0.25) is 4.79 Å². The highest BCUT2D eigenvalue weighted by Crippen LogP contribution is 2.10. The van der Waals surface area contributed by atoms with Crippen molar-refractivity contribution in [3.8, 4) is 0 Å². The molecule has 1 amide bonds. The number of hydrogen-bond donors (Lipinski definition) is 2. The number of amides is 1. The zero-order valence-corrected chi connectivity index (χ0v) is 15.2. The summed E-state index contributed by atoms with van der Waals surface area (Å²) in [6.45, 7) is 3.34. The quantitative estimate of drug-likeness (QED) is 0.527. The molecule has 1 aromatic carbocycles. The van der Waals surface area contributed by atoms with Gasteiger partial charge >= 0.3 is 0 Å². The largest absolute Gasteiger partial charge is 1.00 e. The summed E-state index contributed by atoms with van der Waals surface area (Å²) in [5.74, 6) is 0.966. The fourth-order valence-electron chi connectivity index (χ4n) is 2.44. The van der Waals surface area contributed by atoms with Crippen LogP contribution in [-0.2, 0) is 17.8 Å². The van der Waals surface area contributed by atoms with E-state index in [4.69, 9.17) is 0 Å². The minimum atomic E-state index is 0. The number of aromatic nitrogens is 3. The van der Waals surface area contributed by atoms with E-state index in [9.17, 15) is 4.79 Å². The predicted molar refractivity (Wildman–Crippen MR) is 88.8 cm³/mol. The molecule has 0 fully saturated rings. The maximum absolute atomic E-state index is 11.9. The van der Waals surface area contributed by atoms with Gasteiger partial charge in [0.25, 0.3) is 0 Å². The Morgan fingerprint density at radius 2 is 1.96 bits per heavy atom. The Morgan fingerprint density at radius 1 is 1.21 bits per heavy atom. The number of imidazole rings is 1. The summed E-state index contributed by atoms with van der Waals surface area (Å²) in [6.07, 6.45) is 5.18. The first-order valence-corrected chi connectivity index (χ1v) is 7.87. The highest BCUT2D eigenvalue weighted by Gasteiger charge is 2.07. The van der Waals surface area contributed by atoms with Crippen molar-refractivity contribution in [3.63, 3.8) is 0 Å². The molecular weight excluding hydrogens is 368 g/mol. The van der Waals surface area contributed by atoms with Crippen molar-refractivity contribution in [2.45, 2.75) is 26.3 Å². The summed E-state index contributed by atoms with van der Waals surface area (Å²) >= 11 is 0. The Kier molecular flexibility index (Phi) is 6.49. The van der Waals surface area contributed by atoms with Crippen molar-refractivity contribution in [1.29, 1.82) is 0 Å². The second-order valence-electron chi connectivity index (χ2n) is 5.66. The van der Waals surface area contributed by atoms with Crippen LogP contribution in [0.5, 0.6) is 0 Å². The lowest BCUT2D eigenvalue weighted by Crippen LogP contribution is -3.00. The van der Waals surface area contributed by atoms with E-state index in [1.54, 1.807) is 0 Å². The first-order valence-electron chi connectivity index (χ1n) is 7.87. The number of nitrogens with zero attached hydrogens (tertiary/aromatic N) is 2. The standard InChI is InChI=1S/C18H20N4O.BrH/c1-14-7-11-22(12-8-14)13-9-18(23)19-10-6-17-20-15-4-2-3-5-16(15)21-17;/h2-5,7-8,11-12H,6,9-10,13H2,1H3,(H-,19,20,21,23);1H. The molecule has 3 aromatic rings. The van der Waals surface area contributed by atoms with Gasteiger partial charge < -0.3 is 27.3 Å². The topological polar surface area (TPSA) is 61.7 Å². The summed E-state index contributed by atoms with van der Waals surface area (Å²) in [5.41, 5.74) is 3.21. The Bertz CT molecular complexity index is 765. The first-order chi connectivity index (χ1) is 11.2. The molecule has 126 valence electrons. The normalized spacial score (nSPS) is 10.4. The van der Waals surface area contributed by atoms with Gasteiger partial charge in [-0.2, -0.15) is 0 Å². The number of carbonyl (C=O) groups excluding carboxylic acids is 1. The zero-order valence-electron chi connectivity index (χ0n) is 13.6. The molecule has 0 radical (unpaired) electrons. The molecule has 0 aliphatic carbocycles. The zero-order chi connectivity index (χ0) is 16.1. The summed E-state index contributed by atoms with van der Waals surface area (Å²) < 4.78 is 2.02. The molecule has 0 aliphatic rings. The van der Waals surface area contributed by atoms with E-state index in [1.807, 2.05) is 53.4 Å². The Labute approximate surface area is 151 Å². The second-order valence-corrected chi connectivity index (χ2v) is 5.66. The van der Waals surface area contributed by atoms with Gasteiger partial charge in [0.15, 0.2) is 18.9 Å². The monoisotopic (exact) mass is 388 g/mol. The van der Waals surface area contributed by atoms with Gasteiger partial charge in [-0.25, -0.2) is 9.55 Å². The van der Waals surface area contributed by atoms with E-state index in [0.29, 0.717) is 25.9 Å². The summed E-state index contributed by atoms with van der Waals surface area (Å²) in [6, 6.07) is 12.0. The maximum Gasteiger partial charge on any atom is 0.226 e. The third kappa shape index (κ3) is 4.89. The third-order valence-electron chi connectivity index (χ3n) is 3.78. The Balaban J connectivity index is 0.00000208. The average molecular weight is 389 g/mol.